The van der Waals surface area contributed by atoms with Crippen LogP contribution in [0.3, 0.4) is 0 Å². The van der Waals surface area contributed by atoms with Crippen LogP contribution in [0.15, 0.2) is 41.6 Å². The SMILES string of the molecule is CCCOc1c(Cl)cc([C@H]2C=C3c4cc5c(cc4CCN3C3=C2C(=O)CCC3)OCCCO5)cc1OC. The molecular formula is C30H32ClNO5. The molecule has 6 nitrogen and oxygen atoms in total. The maximum atomic E-state index is 13.4. The van der Waals surface area contributed by atoms with Crippen molar-refractivity contribution in [1.29, 1.82) is 0 Å². The van der Waals surface area contributed by atoms with Crippen molar-refractivity contribution in [3.8, 4) is 23.0 Å². The number of methoxy groups -OCH3 is 1. The van der Waals surface area contributed by atoms with Crippen LogP contribution in [0, 0.1) is 0 Å². The van der Waals surface area contributed by atoms with Crippen molar-refractivity contribution in [2.45, 2.75) is 51.4 Å². The maximum absolute atomic E-state index is 13.4. The van der Waals surface area contributed by atoms with Gasteiger partial charge in [0.1, 0.15) is 0 Å². The molecule has 0 saturated heterocycles. The number of allylic oxidation sites excluding steroid dienone is 3. The fourth-order valence-corrected chi connectivity index (χ4v) is 6.18. The Balaban J connectivity index is 1.49. The van der Waals surface area contributed by atoms with Crippen molar-refractivity contribution in [1.82, 2.24) is 4.90 Å². The van der Waals surface area contributed by atoms with Gasteiger partial charge in [0, 0.05) is 47.8 Å². The van der Waals surface area contributed by atoms with E-state index in [9.17, 15) is 4.79 Å². The van der Waals surface area contributed by atoms with Gasteiger partial charge in [-0.1, -0.05) is 18.5 Å². The lowest BCUT2D eigenvalue weighted by molar-refractivity contribution is -0.116. The highest BCUT2D eigenvalue weighted by Crippen LogP contribution is 2.50. The zero-order valence-electron chi connectivity index (χ0n) is 21.4. The van der Waals surface area contributed by atoms with Gasteiger partial charge in [-0.15, -0.1) is 0 Å². The van der Waals surface area contributed by atoms with E-state index in [2.05, 4.69) is 30.0 Å². The van der Waals surface area contributed by atoms with Crippen molar-refractivity contribution in [3.63, 3.8) is 0 Å². The van der Waals surface area contributed by atoms with E-state index in [0.717, 1.165) is 78.2 Å². The smallest absolute Gasteiger partial charge is 0.179 e. The van der Waals surface area contributed by atoms with Crippen molar-refractivity contribution in [2.24, 2.45) is 0 Å². The number of ether oxygens (including phenoxy) is 4. The summed E-state index contributed by atoms with van der Waals surface area (Å²) >= 11 is 6.73. The molecule has 1 aliphatic carbocycles. The van der Waals surface area contributed by atoms with E-state index in [1.807, 2.05) is 12.1 Å². The molecule has 0 saturated carbocycles. The molecule has 0 unspecified atom stereocenters. The third-order valence-electron chi connectivity index (χ3n) is 7.60. The number of benzene rings is 2. The lowest BCUT2D eigenvalue weighted by atomic mass is 9.77. The Morgan fingerprint density at radius 1 is 1.05 bits per heavy atom. The fourth-order valence-electron chi connectivity index (χ4n) is 5.90. The summed E-state index contributed by atoms with van der Waals surface area (Å²) in [7, 11) is 1.62. The molecule has 2 aromatic rings. The monoisotopic (exact) mass is 521 g/mol. The summed E-state index contributed by atoms with van der Waals surface area (Å²) < 4.78 is 23.6. The van der Waals surface area contributed by atoms with Gasteiger partial charge in [0.25, 0.3) is 0 Å². The predicted molar refractivity (Wildman–Crippen MR) is 143 cm³/mol. The number of nitrogens with zero attached hydrogens (tertiary/aromatic N) is 1. The zero-order chi connectivity index (χ0) is 25.5. The van der Waals surface area contributed by atoms with Crippen molar-refractivity contribution in [3.05, 3.63) is 63.3 Å². The molecular weight excluding hydrogens is 490 g/mol. The molecule has 194 valence electrons. The molecule has 0 amide bonds. The van der Waals surface area contributed by atoms with Crippen molar-refractivity contribution >= 4 is 23.1 Å². The Morgan fingerprint density at radius 2 is 1.86 bits per heavy atom. The quantitative estimate of drug-likeness (QED) is 0.460. The first kappa shape index (κ1) is 24.2. The van der Waals surface area contributed by atoms with Gasteiger partial charge in [-0.3, -0.25) is 4.79 Å². The normalized spacial score (nSPS) is 20.4. The Morgan fingerprint density at radius 3 is 2.65 bits per heavy atom. The third kappa shape index (κ3) is 4.25. The van der Waals surface area contributed by atoms with E-state index in [4.69, 9.17) is 30.5 Å². The highest BCUT2D eigenvalue weighted by Gasteiger charge is 2.38. The molecule has 2 aromatic carbocycles. The molecule has 3 aliphatic heterocycles. The minimum atomic E-state index is -0.220. The molecule has 37 heavy (non-hydrogen) atoms. The standard InChI is InChI=1S/C30H32ClNO5/c1-3-10-37-30-22(31)13-19(15-28(30)34-2)21-16-24-20-17-27-26(35-11-5-12-36-27)14-18(20)8-9-32(24)23-6-4-7-25(33)29(21)23/h13-17,21H,3-12H2,1-2H3/t21-/m1/s1. The maximum Gasteiger partial charge on any atom is 0.179 e. The van der Waals surface area contributed by atoms with Gasteiger partial charge < -0.3 is 23.8 Å². The Bertz CT molecular complexity index is 1310. The lowest BCUT2D eigenvalue weighted by Gasteiger charge is -2.43. The average Bonchev–Trinajstić information content (AvgIpc) is 3.15. The van der Waals surface area contributed by atoms with E-state index in [1.165, 1.54) is 5.56 Å². The number of fused-ring (bicyclic) bond motifs is 5. The van der Waals surface area contributed by atoms with Crippen LogP contribution < -0.4 is 18.9 Å². The second-order valence-electron chi connectivity index (χ2n) is 9.96. The number of rotatable bonds is 5. The summed E-state index contributed by atoms with van der Waals surface area (Å²) in [5, 5.41) is 0.494. The summed E-state index contributed by atoms with van der Waals surface area (Å²) in [6.45, 7) is 4.76. The van der Waals surface area contributed by atoms with Gasteiger partial charge in [-0.2, -0.15) is 0 Å². The van der Waals surface area contributed by atoms with Crippen molar-refractivity contribution < 1.29 is 23.7 Å². The number of carbonyl (C=O) groups excluding carboxylic acids is 1. The van der Waals surface area contributed by atoms with Gasteiger partial charge in [0.15, 0.2) is 28.8 Å². The molecule has 4 aliphatic rings. The predicted octanol–water partition coefficient (Wildman–Crippen LogP) is 6.30. The molecule has 1 atom stereocenters. The number of hydrogen-bond donors (Lipinski definition) is 0. The minimum absolute atomic E-state index is 0.215. The van der Waals surface area contributed by atoms with E-state index in [1.54, 1.807) is 7.11 Å². The zero-order valence-corrected chi connectivity index (χ0v) is 22.2. The summed E-state index contributed by atoms with van der Waals surface area (Å²) in [6.07, 6.45) is 7.19. The summed E-state index contributed by atoms with van der Waals surface area (Å²) in [4.78, 5) is 15.7. The molecule has 6 rings (SSSR count). The van der Waals surface area contributed by atoms with Crippen LogP contribution in [0.4, 0.5) is 0 Å². The molecule has 0 radical (unpaired) electrons. The van der Waals surface area contributed by atoms with Gasteiger partial charge in [0.05, 0.1) is 32.0 Å². The molecule has 7 heteroatoms. The molecule has 0 aromatic heterocycles. The second kappa shape index (κ2) is 9.97. The Labute approximate surface area is 222 Å². The van der Waals surface area contributed by atoms with Crippen LogP contribution in [0.1, 0.15) is 61.6 Å². The van der Waals surface area contributed by atoms with Crippen LogP contribution >= 0.6 is 11.6 Å². The highest BCUT2D eigenvalue weighted by atomic mass is 35.5. The average molecular weight is 522 g/mol. The summed E-state index contributed by atoms with van der Waals surface area (Å²) in [5.74, 6) is 2.74. The van der Waals surface area contributed by atoms with E-state index in [-0.39, 0.29) is 11.7 Å². The van der Waals surface area contributed by atoms with E-state index >= 15 is 0 Å². The van der Waals surface area contributed by atoms with Gasteiger partial charge in [0.2, 0.25) is 0 Å². The molecule has 0 spiro atoms. The van der Waals surface area contributed by atoms with Gasteiger partial charge in [-0.05, 0) is 67.2 Å². The van der Waals surface area contributed by atoms with Gasteiger partial charge in [-0.25, -0.2) is 0 Å². The fraction of sp³-hybridized carbons (Fsp3) is 0.433. The van der Waals surface area contributed by atoms with Gasteiger partial charge >= 0.3 is 0 Å². The first-order valence-corrected chi connectivity index (χ1v) is 13.7. The van der Waals surface area contributed by atoms with Crippen LogP contribution in [0.5, 0.6) is 23.0 Å². The Hall–Kier alpha value is -3.12. The molecule has 0 fully saturated rings. The second-order valence-corrected chi connectivity index (χ2v) is 10.4. The van der Waals surface area contributed by atoms with E-state index in [0.29, 0.717) is 42.8 Å². The lowest BCUT2D eigenvalue weighted by Crippen LogP contribution is -2.36. The number of halogens is 1. The number of Topliss-reactive ketones (excluding diaryl/α,β-unsaturated/α-hetero) is 1. The first-order valence-electron chi connectivity index (χ1n) is 13.3. The third-order valence-corrected chi connectivity index (χ3v) is 7.88. The number of carbonyl (C=O) groups is 1. The van der Waals surface area contributed by atoms with Crippen molar-refractivity contribution in [2.75, 3.05) is 33.5 Å². The Kier molecular flexibility index (Phi) is 6.53. The number of hydrogen-bond acceptors (Lipinski definition) is 6. The summed E-state index contributed by atoms with van der Waals surface area (Å²) in [6, 6.07) is 8.16. The van der Waals surface area contributed by atoms with Crippen LogP contribution in [-0.4, -0.2) is 44.2 Å². The van der Waals surface area contributed by atoms with Crippen LogP contribution in [0.25, 0.3) is 5.70 Å². The van der Waals surface area contributed by atoms with Crippen LogP contribution in [0.2, 0.25) is 5.02 Å². The summed E-state index contributed by atoms with van der Waals surface area (Å²) in [5.41, 5.74) is 6.46. The first-order chi connectivity index (χ1) is 18.1. The highest BCUT2D eigenvalue weighted by molar-refractivity contribution is 6.32. The van der Waals surface area contributed by atoms with E-state index < -0.39 is 0 Å². The number of ketones is 1. The molecule has 0 bridgehead atoms. The van der Waals surface area contributed by atoms with Crippen LogP contribution in [-0.2, 0) is 11.2 Å². The molecule has 0 N–H and O–H groups in total. The topological polar surface area (TPSA) is 57.2 Å². The largest absolute Gasteiger partial charge is 0.493 e. The minimum Gasteiger partial charge on any atom is -0.493 e. The molecule has 3 heterocycles.